The molecule has 13 heteroatoms. The van der Waals surface area contributed by atoms with Gasteiger partial charge in [0, 0.05) is 78.9 Å². The van der Waals surface area contributed by atoms with Gasteiger partial charge < -0.3 is 30.7 Å². The topological polar surface area (TPSA) is 139 Å². The van der Waals surface area contributed by atoms with Crippen molar-refractivity contribution < 1.29 is 19.1 Å². The summed E-state index contributed by atoms with van der Waals surface area (Å²) in [6.07, 6.45) is 4.27. The Hall–Kier alpha value is -4.29. The van der Waals surface area contributed by atoms with Gasteiger partial charge in [-0.1, -0.05) is 59.6 Å². The number of methoxy groups -OCH3 is 2. The number of pyridine rings is 1. The summed E-state index contributed by atoms with van der Waals surface area (Å²) in [5.41, 5.74) is 5.64. The molecule has 2 aliphatic heterocycles. The maximum Gasteiger partial charge on any atom is 0.220 e. The van der Waals surface area contributed by atoms with E-state index in [1.807, 2.05) is 48.5 Å². The molecule has 0 saturated carbocycles. The van der Waals surface area contributed by atoms with E-state index in [1.54, 1.807) is 14.2 Å². The molecule has 0 radical (unpaired) electrons. The van der Waals surface area contributed by atoms with Crippen molar-refractivity contribution in [3.05, 3.63) is 76.0 Å². The predicted molar refractivity (Wildman–Crippen MR) is 185 cm³/mol. The summed E-state index contributed by atoms with van der Waals surface area (Å²) in [6.45, 7) is 2.47. The molecule has 0 bridgehead atoms. The van der Waals surface area contributed by atoms with Crippen molar-refractivity contribution in [2.75, 3.05) is 27.3 Å². The molecular formula is C35H37Cl2N7O4. The lowest BCUT2D eigenvalue weighted by molar-refractivity contribution is -0.120. The van der Waals surface area contributed by atoms with E-state index in [1.165, 1.54) is 6.33 Å². The first-order valence-corrected chi connectivity index (χ1v) is 16.6. The highest BCUT2D eigenvalue weighted by atomic mass is 35.5. The molecule has 0 aliphatic carbocycles. The number of amides is 2. The Kier molecular flexibility index (Phi) is 10.7. The highest BCUT2D eigenvalue weighted by molar-refractivity contribution is 6.38. The monoisotopic (exact) mass is 689 g/mol. The van der Waals surface area contributed by atoms with Crippen LogP contribution in [0.2, 0.25) is 10.0 Å². The standard InChI is InChI=1S/C35H37Cl2N7O4/c1-47-28-14-20(6-7-21(28)15-38-17-23-9-12-29(45)42-23)33-32(37)34(41-19-40-33)26-5-3-4-25(31(26)36)27-11-8-22(35(44-27)48-2)16-39-18-24-10-13-30(46)43-24/h3-8,11,14,19,23-24,38-39H,9-10,12-13,15-18H2,1-2H3,(H,42,45)(H,43,46)/t23-,24+/m1/s1. The Morgan fingerprint density at radius 3 is 2.08 bits per heavy atom. The number of benzene rings is 2. The van der Waals surface area contributed by atoms with Crippen LogP contribution in [0.25, 0.3) is 33.8 Å². The minimum absolute atomic E-state index is 0.0934. The molecule has 4 aromatic rings. The summed E-state index contributed by atoms with van der Waals surface area (Å²) in [7, 11) is 3.21. The Morgan fingerprint density at radius 2 is 1.44 bits per heavy atom. The molecule has 250 valence electrons. The van der Waals surface area contributed by atoms with E-state index in [-0.39, 0.29) is 23.9 Å². The summed E-state index contributed by atoms with van der Waals surface area (Å²) in [5.74, 6) is 1.37. The molecule has 2 atom stereocenters. The lowest BCUT2D eigenvalue weighted by Crippen LogP contribution is -2.35. The normalized spacial score (nSPS) is 17.3. The molecule has 2 aromatic carbocycles. The van der Waals surface area contributed by atoms with Gasteiger partial charge in [-0.15, -0.1) is 0 Å². The molecule has 48 heavy (non-hydrogen) atoms. The highest BCUT2D eigenvalue weighted by Crippen LogP contribution is 2.41. The quantitative estimate of drug-likeness (QED) is 0.154. The molecular weight excluding hydrogens is 653 g/mol. The van der Waals surface area contributed by atoms with Gasteiger partial charge in [-0.25, -0.2) is 15.0 Å². The van der Waals surface area contributed by atoms with Gasteiger partial charge in [0.2, 0.25) is 17.7 Å². The average molecular weight is 691 g/mol. The maximum atomic E-state index is 11.5. The Balaban J connectivity index is 1.20. The third-order valence-electron chi connectivity index (χ3n) is 8.59. The molecule has 2 amide bonds. The third-order valence-corrected chi connectivity index (χ3v) is 9.36. The van der Waals surface area contributed by atoms with E-state index in [9.17, 15) is 9.59 Å². The first kappa shape index (κ1) is 33.6. The summed E-state index contributed by atoms with van der Waals surface area (Å²) in [4.78, 5) is 36.8. The molecule has 2 aromatic heterocycles. The third kappa shape index (κ3) is 7.55. The first-order chi connectivity index (χ1) is 23.3. The zero-order valence-electron chi connectivity index (χ0n) is 26.7. The smallest absolute Gasteiger partial charge is 0.220 e. The minimum atomic E-state index is 0.0934. The molecule has 2 aliphatic rings. The molecule has 0 unspecified atom stereocenters. The van der Waals surface area contributed by atoms with Crippen LogP contribution in [0.3, 0.4) is 0 Å². The van der Waals surface area contributed by atoms with Crippen LogP contribution in [0, 0.1) is 0 Å². The van der Waals surface area contributed by atoms with Gasteiger partial charge in [-0.05, 0) is 25.0 Å². The van der Waals surface area contributed by atoms with Gasteiger partial charge in [0.25, 0.3) is 0 Å². The fourth-order valence-electron chi connectivity index (χ4n) is 6.06. The van der Waals surface area contributed by atoms with E-state index < -0.39 is 0 Å². The van der Waals surface area contributed by atoms with Crippen LogP contribution in [0.4, 0.5) is 0 Å². The summed E-state index contributed by atoms with van der Waals surface area (Å²) >= 11 is 14.0. The number of halogens is 2. The second-order valence-corrected chi connectivity index (χ2v) is 12.6. The molecule has 2 saturated heterocycles. The number of nitrogens with one attached hydrogen (secondary N) is 4. The van der Waals surface area contributed by atoms with Gasteiger partial charge in [-0.2, -0.15) is 0 Å². The Bertz CT molecular complexity index is 1690. The van der Waals surface area contributed by atoms with E-state index >= 15 is 0 Å². The van der Waals surface area contributed by atoms with Crippen LogP contribution in [-0.4, -0.2) is 66.2 Å². The van der Waals surface area contributed by atoms with Crippen molar-refractivity contribution in [3.8, 4) is 45.4 Å². The van der Waals surface area contributed by atoms with E-state index in [2.05, 4.69) is 31.2 Å². The van der Waals surface area contributed by atoms with Crippen LogP contribution in [0.1, 0.15) is 36.8 Å². The van der Waals surface area contributed by atoms with Crippen molar-refractivity contribution in [2.24, 2.45) is 0 Å². The minimum Gasteiger partial charge on any atom is -0.496 e. The number of aromatic nitrogens is 3. The number of carbonyl (C=O) groups is 2. The number of nitrogens with zero attached hydrogens (tertiary/aromatic N) is 3. The summed E-state index contributed by atoms with van der Waals surface area (Å²) < 4.78 is 11.3. The van der Waals surface area contributed by atoms with Crippen molar-refractivity contribution in [1.29, 1.82) is 0 Å². The Labute approximate surface area is 289 Å². The number of hydrogen-bond donors (Lipinski definition) is 4. The van der Waals surface area contributed by atoms with Crippen LogP contribution in [0.15, 0.2) is 54.9 Å². The molecule has 2 fully saturated rings. The molecule has 6 rings (SSSR count). The molecule has 0 spiro atoms. The van der Waals surface area contributed by atoms with E-state index in [4.69, 9.17) is 37.7 Å². The maximum absolute atomic E-state index is 11.5. The summed E-state index contributed by atoms with van der Waals surface area (Å²) in [5, 5.41) is 13.5. The van der Waals surface area contributed by atoms with Crippen molar-refractivity contribution in [3.63, 3.8) is 0 Å². The fourth-order valence-corrected chi connectivity index (χ4v) is 6.68. The van der Waals surface area contributed by atoms with Crippen LogP contribution < -0.4 is 30.7 Å². The number of hydrogen-bond acceptors (Lipinski definition) is 9. The number of rotatable bonds is 13. The fraction of sp³-hybridized carbons (Fsp3) is 0.343. The van der Waals surface area contributed by atoms with Crippen LogP contribution in [-0.2, 0) is 22.7 Å². The van der Waals surface area contributed by atoms with Gasteiger partial charge in [-0.3, -0.25) is 9.59 Å². The average Bonchev–Trinajstić information content (AvgIpc) is 3.72. The SMILES string of the molecule is COc1cc(-c2ncnc(-c3cccc(-c4ccc(CNC[C@@H]5CCC(=O)N5)c(OC)n4)c3Cl)c2Cl)ccc1CNC[C@H]1CCC(=O)N1. The highest BCUT2D eigenvalue weighted by Gasteiger charge is 2.23. The number of carbonyl (C=O) groups excluding carboxylic acids is 2. The second kappa shape index (κ2) is 15.3. The van der Waals surface area contributed by atoms with E-state index in [0.717, 1.165) is 29.5 Å². The summed E-state index contributed by atoms with van der Waals surface area (Å²) in [6, 6.07) is 15.6. The predicted octanol–water partition coefficient (Wildman–Crippen LogP) is 4.93. The Morgan fingerprint density at radius 1 is 0.792 bits per heavy atom. The van der Waals surface area contributed by atoms with Crippen molar-refractivity contribution >= 4 is 35.0 Å². The molecule has 11 nitrogen and oxygen atoms in total. The lowest BCUT2D eigenvalue weighted by atomic mass is 10.0. The van der Waals surface area contributed by atoms with E-state index in [0.29, 0.717) is 88.9 Å². The van der Waals surface area contributed by atoms with Gasteiger partial charge >= 0.3 is 0 Å². The first-order valence-electron chi connectivity index (χ1n) is 15.9. The van der Waals surface area contributed by atoms with Crippen LogP contribution >= 0.6 is 23.2 Å². The second-order valence-electron chi connectivity index (χ2n) is 11.8. The van der Waals surface area contributed by atoms with Gasteiger partial charge in [0.1, 0.15) is 12.1 Å². The zero-order valence-corrected chi connectivity index (χ0v) is 28.3. The number of ether oxygens (including phenoxy) is 2. The van der Waals surface area contributed by atoms with Crippen molar-refractivity contribution in [1.82, 2.24) is 36.2 Å². The molecule has 4 heterocycles. The van der Waals surface area contributed by atoms with Gasteiger partial charge in [0.15, 0.2) is 0 Å². The lowest BCUT2D eigenvalue weighted by Gasteiger charge is -2.16. The zero-order chi connectivity index (χ0) is 33.6. The van der Waals surface area contributed by atoms with Crippen molar-refractivity contribution in [2.45, 2.75) is 50.9 Å². The van der Waals surface area contributed by atoms with Gasteiger partial charge in [0.05, 0.1) is 41.3 Å². The largest absolute Gasteiger partial charge is 0.496 e. The van der Waals surface area contributed by atoms with Crippen LogP contribution in [0.5, 0.6) is 11.6 Å². The molecule has 4 N–H and O–H groups in total.